The molecule has 0 unspecified atom stereocenters. The van der Waals surface area contributed by atoms with E-state index in [2.05, 4.69) is 0 Å². The number of hydrogen-bond acceptors (Lipinski definition) is 4. The predicted molar refractivity (Wildman–Crippen MR) is 80.2 cm³/mol. The van der Waals surface area contributed by atoms with Gasteiger partial charge in [0, 0.05) is 24.8 Å². The van der Waals surface area contributed by atoms with Crippen LogP contribution in [0.25, 0.3) is 0 Å². The molecule has 1 aromatic carbocycles. The maximum atomic E-state index is 12.9. The van der Waals surface area contributed by atoms with E-state index >= 15 is 0 Å². The van der Waals surface area contributed by atoms with Crippen molar-refractivity contribution in [1.82, 2.24) is 4.31 Å². The second-order valence-electron chi connectivity index (χ2n) is 5.59. The van der Waals surface area contributed by atoms with Gasteiger partial charge in [0.05, 0.1) is 4.90 Å². The summed E-state index contributed by atoms with van der Waals surface area (Å²) in [5.74, 6) is -0.254. The highest BCUT2D eigenvalue weighted by Crippen LogP contribution is 2.28. The van der Waals surface area contributed by atoms with E-state index in [9.17, 15) is 26.4 Å². The molecule has 0 amide bonds. The van der Waals surface area contributed by atoms with Crippen molar-refractivity contribution in [2.75, 3.05) is 19.8 Å². The standard InChI is InChI=1S/C15H18F3NO4S/c1-11(20)12-2-4-14(5-3-12)24(21,22)19(10-15(16,17)18)13-6-8-23-9-7-13/h2-5,13H,6-10H2,1H3. The van der Waals surface area contributed by atoms with Crippen molar-refractivity contribution >= 4 is 15.8 Å². The number of benzene rings is 1. The normalized spacial score (nSPS) is 17.2. The molecule has 0 atom stereocenters. The highest BCUT2D eigenvalue weighted by molar-refractivity contribution is 7.89. The summed E-state index contributed by atoms with van der Waals surface area (Å²) in [6.45, 7) is 0.214. The monoisotopic (exact) mass is 365 g/mol. The van der Waals surface area contributed by atoms with Crippen molar-refractivity contribution < 1.29 is 31.1 Å². The number of nitrogens with zero attached hydrogens (tertiary/aromatic N) is 1. The summed E-state index contributed by atoms with van der Waals surface area (Å²) in [4.78, 5) is 11.0. The lowest BCUT2D eigenvalue weighted by atomic mass is 10.1. The molecule has 0 radical (unpaired) electrons. The zero-order valence-corrected chi connectivity index (χ0v) is 13.9. The molecule has 0 aromatic heterocycles. The van der Waals surface area contributed by atoms with Gasteiger partial charge in [0.15, 0.2) is 5.78 Å². The first-order chi connectivity index (χ1) is 11.1. The summed E-state index contributed by atoms with van der Waals surface area (Å²) in [5, 5.41) is 0. The molecule has 1 heterocycles. The number of alkyl halides is 3. The number of ketones is 1. The fourth-order valence-corrected chi connectivity index (χ4v) is 4.23. The minimum absolute atomic E-state index is 0.209. The molecule has 1 aromatic rings. The van der Waals surface area contributed by atoms with Crippen LogP contribution in [0.5, 0.6) is 0 Å². The summed E-state index contributed by atoms with van der Waals surface area (Å²) >= 11 is 0. The van der Waals surface area contributed by atoms with Gasteiger partial charge in [-0.25, -0.2) is 8.42 Å². The summed E-state index contributed by atoms with van der Waals surface area (Å²) in [5.41, 5.74) is 0.294. The molecule has 1 fully saturated rings. The number of carbonyl (C=O) groups is 1. The molecule has 2 rings (SSSR count). The minimum Gasteiger partial charge on any atom is -0.381 e. The number of hydrogen-bond donors (Lipinski definition) is 0. The lowest BCUT2D eigenvalue weighted by Gasteiger charge is -2.33. The van der Waals surface area contributed by atoms with Crippen molar-refractivity contribution in [2.24, 2.45) is 0 Å². The van der Waals surface area contributed by atoms with Crippen LogP contribution in [0.15, 0.2) is 29.2 Å². The van der Waals surface area contributed by atoms with E-state index in [-0.39, 0.29) is 36.7 Å². The largest absolute Gasteiger partial charge is 0.402 e. The highest BCUT2D eigenvalue weighted by Gasteiger charge is 2.41. The summed E-state index contributed by atoms with van der Waals surface area (Å²) in [6, 6.07) is 4.15. The van der Waals surface area contributed by atoms with Crippen LogP contribution in [0.3, 0.4) is 0 Å². The topological polar surface area (TPSA) is 63.7 Å². The Morgan fingerprint density at radius 2 is 1.75 bits per heavy atom. The molecule has 1 aliphatic rings. The molecular weight excluding hydrogens is 347 g/mol. The molecule has 0 aliphatic carbocycles. The minimum atomic E-state index is -4.65. The Bertz CT molecular complexity index is 680. The van der Waals surface area contributed by atoms with E-state index < -0.39 is 28.8 Å². The van der Waals surface area contributed by atoms with Gasteiger partial charge in [-0.2, -0.15) is 17.5 Å². The Hall–Kier alpha value is -1.45. The number of Topliss-reactive ketones (excluding diaryl/α,β-unsaturated/α-hetero) is 1. The molecule has 5 nitrogen and oxygen atoms in total. The third-order valence-corrected chi connectivity index (χ3v) is 5.71. The molecule has 0 N–H and O–H groups in total. The van der Waals surface area contributed by atoms with E-state index in [1.54, 1.807) is 0 Å². The smallest absolute Gasteiger partial charge is 0.381 e. The van der Waals surface area contributed by atoms with Gasteiger partial charge in [0.2, 0.25) is 10.0 Å². The number of sulfonamides is 1. The van der Waals surface area contributed by atoms with Crippen LogP contribution in [0.4, 0.5) is 13.2 Å². The van der Waals surface area contributed by atoms with Crippen LogP contribution in [0.1, 0.15) is 30.1 Å². The zero-order valence-electron chi connectivity index (χ0n) is 13.0. The van der Waals surface area contributed by atoms with Crippen LogP contribution in [-0.2, 0) is 14.8 Å². The molecule has 134 valence electrons. The van der Waals surface area contributed by atoms with Crippen molar-refractivity contribution in [2.45, 2.75) is 36.9 Å². The van der Waals surface area contributed by atoms with Gasteiger partial charge in [0.25, 0.3) is 0 Å². The van der Waals surface area contributed by atoms with E-state index in [0.29, 0.717) is 9.87 Å². The first-order valence-corrected chi connectivity index (χ1v) is 8.82. The molecule has 0 bridgehead atoms. The fourth-order valence-electron chi connectivity index (χ4n) is 2.56. The number of rotatable bonds is 5. The number of carbonyl (C=O) groups excluding carboxylic acids is 1. The SMILES string of the molecule is CC(=O)c1ccc(S(=O)(=O)N(CC(F)(F)F)C2CCOCC2)cc1. The van der Waals surface area contributed by atoms with Gasteiger partial charge in [-0.05, 0) is 31.9 Å². The summed E-state index contributed by atoms with van der Waals surface area (Å²) in [7, 11) is -4.33. The Balaban J connectivity index is 2.36. The van der Waals surface area contributed by atoms with Crippen LogP contribution >= 0.6 is 0 Å². The van der Waals surface area contributed by atoms with E-state index in [1.165, 1.54) is 19.1 Å². The van der Waals surface area contributed by atoms with Crippen LogP contribution in [-0.4, -0.2) is 50.5 Å². The van der Waals surface area contributed by atoms with Gasteiger partial charge >= 0.3 is 6.18 Å². The summed E-state index contributed by atoms with van der Waals surface area (Å²) in [6.07, 6.45) is -4.23. The lowest BCUT2D eigenvalue weighted by molar-refractivity contribution is -0.141. The Morgan fingerprint density at radius 3 is 2.21 bits per heavy atom. The molecule has 0 saturated carbocycles. The van der Waals surface area contributed by atoms with Gasteiger partial charge in [-0.3, -0.25) is 4.79 Å². The molecule has 9 heteroatoms. The van der Waals surface area contributed by atoms with Crippen molar-refractivity contribution in [3.05, 3.63) is 29.8 Å². The quantitative estimate of drug-likeness (QED) is 0.753. The Kier molecular flexibility index (Phi) is 5.67. The van der Waals surface area contributed by atoms with E-state index in [1.807, 2.05) is 0 Å². The van der Waals surface area contributed by atoms with Gasteiger partial charge in [0.1, 0.15) is 6.54 Å². The average Bonchev–Trinajstić information content (AvgIpc) is 2.52. The van der Waals surface area contributed by atoms with Gasteiger partial charge in [-0.15, -0.1) is 0 Å². The highest BCUT2D eigenvalue weighted by atomic mass is 32.2. The zero-order chi connectivity index (χ0) is 18.0. The fraction of sp³-hybridized carbons (Fsp3) is 0.533. The van der Waals surface area contributed by atoms with E-state index in [4.69, 9.17) is 4.74 Å². The second-order valence-corrected chi connectivity index (χ2v) is 7.48. The lowest BCUT2D eigenvalue weighted by Crippen LogP contribution is -2.47. The third kappa shape index (κ3) is 4.55. The first kappa shape index (κ1) is 18.9. The maximum Gasteiger partial charge on any atom is 0.402 e. The van der Waals surface area contributed by atoms with Crippen molar-refractivity contribution in [1.29, 1.82) is 0 Å². The predicted octanol–water partition coefficient (Wildman–Crippen LogP) is 2.62. The second kappa shape index (κ2) is 7.20. The average molecular weight is 365 g/mol. The number of halogens is 3. The van der Waals surface area contributed by atoms with Gasteiger partial charge < -0.3 is 4.74 Å². The summed E-state index contributed by atoms with van der Waals surface area (Å²) < 4.78 is 69.7. The Morgan fingerprint density at radius 1 is 1.21 bits per heavy atom. The molecule has 24 heavy (non-hydrogen) atoms. The number of ether oxygens (including phenoxy) is 1. The van der Waals surface area contributed by atoms with Crippen molar-refractivity contribution in [3.8, 4) is 0 Å². The Labute approximate surface area is 138 Å². The third-order valence-electron chi connectivity index (χ3n) is 3.80. The van der Waals surface area contributed by atoms with Crippen molar-refractivity contribution in [3.63, 3.8) is 0 Å². The maximum absolute atomic E-state index is 12.9. The molecule has 1 saturated heterocycles. The van der Waals surface area contributed by atoms with Crippen LogP contribution in [0.2, 0.25) is 0 Å². The van der Waals surface area contributed by atoms with Gasteiger partial charge in [-0.1, -0.05) is 12.1 Å². The molecular formula is C15H18F3NO4S. The molecule has 1 aliphatic heterocycles. The molecule has 0 spiro atoms. The van der Waals surface area contributed by atoms with Crippen LogP contribution in [0, 0.1) is 0 Å². The van der Waals surface area contributed by atoms with E-state index in [0.717, 1.165) is 12.1 Å². The first-order valence-electron chi connectivity index (χ1n) is 7.38. The van der Waals surface area contributed by atoms with Crippen LogP contribution < -0.4 is 0 Å².